The number of amides is 1. The first-order chi connectivity index (χ1) is 15.1. The first kappa shape index (κ1) is 22.4. The van der Waals surface area contributed by atoms with Gasteiger partial charge in [-0.15, -0.1) is 0 Å². The van der Waals surface area contributed by atoms with Crippen LogP contribution in [0.25, 0.3) is 0 Å². The minimum absolute atomic E-state index is 0.263. The monoisotopic (exact) mass is 435 g/mol. The third-order valence-corrected chi connectivity index (χ3v) is 5.09. The number of ether oxygens (including phenoxy) is 1. The van der Waals surface area contributed by atoms with Crippen LogP contribution in [0.5, 0.6) is 5.75 Å². The lowest BCUT2D eigenvalue weighted by atomic mass is 10.1. The highest BCUT2D eigenvalue weighted by atomic mass is 35.5. The number of nitrogens with zero attached hydrogens (tertiary/aromatic N) is 2. The van der Waals surface area contributed by atoms with Crippen LogP contribution in [-0.2, 0) is 6.61 Å². The van der Waals surface area contributed by atoms with E-state index in [0.717, 1.165) is 30.0 Å². The summed E-state index contributed by atoms with van der Waals surface area (Å²) in [6, 6.07) is 22.5. The fourth-order valence-electron chi connectivity index (χ4n) is 3.04. The zero-order valence-corrected chi connectivity index (χ0v) is 18.5. The van der Waals surface area contributed by atoms with Crippen LogP contribution < -0.4 is 15.1 Å². The maximum atomic E-state index is 12.3. The van der Waals surface area contributed by atoms with Crippen molar-refractivity contribution in [3.8, 4) is 5.75 Å². The van der Waals surface area contributed by atoms with Crippen molar-refractivity contribution in [2.24, 2.45) is 5.10 Å². The standard InChI is InChI=1S/C25H26ClN3O2/c1-3-29(4-2)23-13-7-19(8-14-23)17-27-28-25(30)21-9-5-20(6-10-21)18-31-24-15-11-22(26)12-16-24/h5-17H,3-4,18H2,1-2H3,(H,28,30). The molecule has 31 heavy (non-hydrogen) atoms. The molecule has 5 nitrogen and oxygen atoms in total. The summed E-state index contributed by atoms with van der Waals surface area (Å²) in [6.07, 6.45) is 1.64. The molecule has 3 rings (SSSR count). The van der Waals surface area contributed by atoms with E-state index in [2.05, 4.69) is 41.4 Å². The maximum Gasteiger partial charge on any atom is 0.271 e. The number of hydrazone groups is 1. The summed E-state index contributed by atoms with van der Waals surface area (Å²) >= 11 is 5.87. The number of benzene rings is 3. The number of rotatable bonds is 9. The first-order valence-corrected chi connectivity index (χ1v) is 10.6. The van der Waals surface area contributed by atoms with Crippen molar-refractivity contribution in [3.05, 3.63) is 94.5 Å². The average molecular weight is 436 g/mol. The van der Waals surface area contributed by atoms with Gasteiger partial charge in [-0.05, 0) is 73.5 Å². The molecule has 0 atom stereocenters. The van der Waals surface area contributed by atoms with Crippen LogP contribution in [0.2, 0.25) is 5.02 Å². The van der Waals surface area contributed by atoms with Gasteiger partial charge in [-0.3, -0.25) is 4.79 Å². The molecule has 0 bridgehead atoms. The predicted molar refractivity (Wildman–Crippen MR) is 127 cm³/mol. The summed E-state index contributed by atoms with van der Waals surface area (Å²) < 4.78 is 5.71. The van der Waals surface area contributed by atoms with Crippen LogP contribution in [0.3, 0.4) is 0 Å². The molecule has 0 aliphatic rings. The summed E-state index contributed by atoms with van der Waals surface area (Å²) in [6.45, 7) is 6.60. The van der Waals surface area contributed by atoms with Gasteiger partial charge in [-0.2, -0.15) is 5.10 Å². The number of carbonyl (C=O) groups is 1. The molecular formula is C25H26ClN3O2. The van der Waals surface area contributed by atoms with Crippen molar-refractivity contribution in [2.45, 2.75) is 20.5 Å². The van der Waals surface area contributed by atoms with Gasteiger partial charge in [-0.25, -0.2) is 5.43 Å². The maximum absolute atomic E-state index is 12.3. The molecule has 6 heteroatoms. The van der Waals surface area contributed by atoms with Crippen molar-refractivity contribution in [1.29, 1.82) is 0 Å². The average Bonchev–Trinajstić information content (AvgIpc) is 2.81. The van der Waals surface area contributed by atoms with Crippen LogP contribution in [0.4, 0.5) is 5.69 Å². The van der Waals surface area contributed by atoms with Crippen LogP contribution in [-0.4, -0.2) is 25.2 Å². The van der Waals surface area contributed by atoms with Crippen molar-refractivity contribution in [2.75, 3.05) is 18.0 Å². The van der Waals surface area contributed by atoms with Crippen LogP contribution in [0.15, 0.2) is 77.9 Å². The summed E-state index contributed by atoms with van der Waals surface area (Å²) in [7, 11) is 0. The Labute approximate surface area is 188 Å². The van der Waals surface area contributed by atoms with E-state index < -0.39 is 0 Å². The molecule has 3 aromatic rings. The second-order valence-electron chi connectivity index (χ2n) is 6.90. The van der Waals surface area contributed by atoms with E-state index in [4.69, 9.17) is 16.3 Å². The third kappa shape index (κ3) is 6.59. The van der Waals surface area contributed by atoms with E-state index in [1.165, 1.54) is 5.69 Å². The van der Waals surface area contributed by atoms with Gasteiger partial charge in [-0.1, -0.05) is 35.9 Å². The molecule has 0 saturated carbocycles. The molecule has 0 unspecified atom stereocenters. The minimum atomic E-state index is -0.263. The zero-order valence-electron chi connectivity index (χ0n) is 17.7. The summed E-state index contributed by atoms with van der Waals surface area (Å²) in [5, 5.41) is 4.73. The molecule has 0 fully saturated rings. The molecule has 1 amide bonds. The van der Waals surface area contributed by atoms with Crippen LogP contribution in [0.1, 0.15) is 35.3 Å². The smallest absolute Gasteiger partial charge is 0.271 e. The highest BCUT2D eigenvalue weighted by Gasteiger charge is 2.05. The highest BCUT2D eigenvalue weighted by Crippen LogP contribution is 2.17. The molecule has 160 valence electrons. The molecule has 0 saturated heterocycles. The third-order valence-electron chi connectivity index (χ3n) is 4.84. The number of nitrogens with one attached hydrogen (secondary N) is 1. The van der Waals surface area contributed by atoms with Crippen molar-refractivity contribution in [1.82, 2.24) is 5.43 Å². The lowest BCUT2D eigenvalue weighted by molar-refractivity contribution is 0.0955. The summed E-state index contributed by atoms with van der Waals surface area (Å²) in [5.74, 6) is 0.479. The quantitative estimate of drug-likeness (QED) is 0.355. The number of hydrogen-bond donors (Lipinski definition) is 1. The first-order valence-electron chi connectivity index (χ1n) is 10.2. The van der Waals surface area contributed by atoms with Gasteiger partial charge in [0.2, 0.25) is 0 Å². The second-order valence-corrected chi connectivity index (χ2v) is 7.34. The van der Waals surface area contributed by atoms with Gasteiger partial charge >= 0.3 is 0 Å². The molecule has 0 aliphatic carbocycles. The normalized spacial score (nSPS) is 10.8. The second kappa shape index (κ2) is 11.2. The topological polar surface area (TPSA) is 53.9 Å². The molecule has 3 aromatic carbocycles. The number of halogens is 1. The fourth-order valence-corrected chi connectivity index (χ4v) is 3.17. The molecule has 0 radical (unpaired) electrons. The minimum Gasteiger partial charge on any atom is -0.489 e. The Hall–Kier alpha value is -3.31. The summed E-state index contributed by atoms with van der Waals surface area (Å²) in [4.78, 5) is 14.6. The molecule has 0 spiro atoms. The largest absolute Gasteiger partial charge is 0.489 e. The molecule has 0 aromatic heterocycles. The van der Waals surface area contributed by atoms with Crippen molar-refractivity contribution >= 4 is 29.4 Å². The van der Waals surface area contributed by atoms with Crippen LogP contribution >= 0.6 is 11.6 Å². The molecule has 1 N–H and O–H groups in total. The van der Waals surface area contributed by atoms with E-state index in [-0.39, 0.29) is 5.91 Å². The van der Waals surface area contributed by atoms with Gasteiger partial charge in [0.25, 0.3) is 5.91 Å². The fraction of sp³-hybridized carbons (Fsp3) is 0.200. The Morgan fingerprint density at radius 2 is 1.61 bits per heavy atom. The molecule has 0 heterocycles. The van der Waals surface area contributed by atoms with Crippen molar-refractivity contribution < 1.29 is 9.53 Å². The number of hydrogen-bond acceptors (Lipinski definition) is 4. The van der Waals surface area contributed by atoms with E-state index >= 15 is 0 Å². The Kier molecular flexibility index (Phi) is 8.07. The lowest BCUT2D eigenvalue weighted by Crippen LogP contribution is -2.21. The Bertz CT molecular complexity index is 996. The Morgan fingerprint density at radius 1 is 0.968 bits per heavy atom. The zero-order chi connectivity index (χ0) is 22.1. The van der Waals surface area contributed by atoms with E-state index in [1.54, 1.807) is 30.5 Å². The highest BCUT2D eigenvalue weighted by molar-refractivity contribution is 6.30. The van der Waals surface area contributed by atoms with Gasteiger partial charge in [0, 0.05) is 29.4 Å². The number of anilines is 1. The van der Waals surface area contributed by atoms with Gasteiger partial charge in [0.1, 0.15) is 12.4 Å². The van der Waals surface area contributed by atoms with E-state index in [0.29, 0.717) is 17.2 Å². The Balaban J connectivity index is 1.50. The van der Waals surface area contributed by atoms with Crippen LogP contribution in [0, 0.1) is 0 Å². The van der Waals surface area contributed by atoms with E-state index in [9.17, 15) is 4.79 Å². The summed E-state index contributed by atoms with van der Waals surface area (Å²) in [5.41, 5.74) is 6.15. The van der Waals surface area contributed by atoms with Gasteiger partial charge in [0.15, 0.2) is 0 Å². The predicted octanol–water partition coefficient (Wildman–Crippen LogP) is 5.53. The Morgan fingerprint density at radius 3 is 2.23 bits per heavy atom. The SMILES string of the molecule is CCN(CC)c1ccc(C=NNC(=O)c2ccc(COc3ccc(Cl)cc3)cc2)cc1. The molecule has 0 aliphatic heterocycles. The van der Waals surface area contributed by atoms with Gasteiger partial charge in [0.05, 0.1) is 6.21 Å². The lowest BCUT2D eigenvalue weighted by Gasteiger charge is -2.20. The molecular weight excluding hydrogens is 410 g/mol. The van der Waals surface area contributed by atoms with E-state index in [1.807, 2.05) is 36.4 Å². The van der Waals surface area contributed by atoms with Gasteiger partial charge < -0.3 is 9.64 Å². The van der Waals surface area contributed by atoms with Crippen molar-refractivity contribution in [3.63, 3.8) is 0 Å². The number of carbonyl (C=O) groups excluding carboxylic acids is 1.